The molecule has 0 aromatic heterocycles. The second-order valence-corrected chi connectivity index (χ2v) is 8.95. The second kappa shape index (κ2) is 10.7. The highest BCUT2D eigenvalue weighted by atomic mass is 32.2. The van der Waals surface area contributed by atoms with Crippen LogP contribution in [0.2, 0.25) is 0 Å². The Labute approximate surface area is 171 Å². The van der Waals surface area contributed by atoms with Gasteiger partial charge >= 0.3 is 0 Å². The van der Waals surface area contributed by atoms with Gasteiger partial charge in [-0.3, -0.25) is 4.79 Å². The van der Waals surface area contributed by atoms with Crippen LogP contribution < -0.4 is 5.73 Å². The molecule has 0 saturated heterocycles. The van der Waals surface area contributed by atoms with E-state index in [-0.39, 0.29) is 5.25 Å². The molecular formula is C22H33N3O2S. The fourth-order valence-corrected chi connectivity index (χ4v) is 4.95. The predicted molar refractivity (Wildman–Crippen MR) is 117 cm³/mol. The highest BCUT2D eigenvalue weighted by molar-refractivity contribution is 7.83. The largest absolute Gasteiger partial charge is 0.366 e. The highest BCUT2D eigenvalue weighted by Crippen LogP contribution is 2.31. The maximum atomic E-state index is 12.8. The van der Waals surface area contributed by atoms with Crippen molar-refractivity contribution in [2.75, 3.05) is 27.2 Å². The summed E-state index contributed by atoms with van der Waals surface area (Å²) in [7, 11) is 3.02. The van der Waals surface area contributed by atoms with Crippen LogP contribution in [0.3, 0.4) is 0 Å². The molecule has 3 atom stereocenters. The summed E-state index contributed by atoms with van der Waals surface area (Å²) in [4.78, 5) is 13.4. The molecule has 0 bridgehead atoms. The number of hydrogen-bond acceptors (Lipinski definition) is 3. The van der Waals surface area contributed by atoms with E-state index < -0.39 is 16.9 Å². The monoisotopic (exact) mass is 403 g/mol. The van der Waals surface area contributed by atoms with Crippen molar-refractivity contribution in [1.82, 2.24) is 9.21 Å². The number of amides is 1. The summed E-state index contributed by atoms with van der Waals surface area (Å²) in [5.74, 6) is -0.0315. The van der Waals surface area contributed by atoms with Crippen LogP contribution in [0.5, 0.6) is 0 Å². The van der Waals surface area contributed by atoms with Gasteiger partial charge in [0.15, 0.2) is 0 Å². The molecule has 2 N–H and O–H groups in total. The van der Waals surface area contributed by atoms with E-state index in [2.05, 4.69) is 55.4 Å². The van der Waals surface area contributed by atoms with Crippen LogP contribution in [0.25, 0.3) is 0 Å². The lowest BCUT2D eigenvalue weighted by Gasteiger charge is -2.26. The molecule has 6 heteroatoms. The lowest BCUT2D eigenvalue weighted by Crippen LogP contribution is -2.33. The van der Waals surface area contributed by atoms with Crippen molar-refractivity contribution in [1.29, 1.82) is 0 Å². The molecule has 3 unspecified atom stereocenters. The summed E-state index contributed by atoms with van der Waals surface area (Å²) < 4.78 is 14.6. The number of hydrogen-bond donors (Lipinski definition) is 1. The number of primary amides is 1. The van der Waals surface area contributed by atoms with Gasteiger partial charge in [0.2, 0.25) is 5.91 Å². The van der Waals surface area contributed by atoms with Crippen LogP contribution in [0.1, 0.15) is 43.7 Å². The summed E-state index contributed by atoms with van der Waals surface area (Å²) in [6.45, 7) is 5.87. The van der Waals surface area contributed by atoms with E-state index in [1.54, 1.807) is 6.08 Å². The summed E-state index contributed by atoms with van der Waals surface area (Å²) in [5.41, 5.74) is 8.49. The first kappa shape index (κ1) is 22.5. The zero-order valence-electron chi connectivity index (χ0n) is 17.4. The van der Waals surface area contributed by atoms with Gasteiger partial charge in [-0.1, -0.05) is 56.3 Å². The first-order chi connectivity index (χ1) is 13.4. The molecule has 0 spiro atoms. The van der Waals surface area contributed by atoms with Crippen molar-refractivity contribution in [3.05, 3.63) is 59.2 Å². The van der Waals surface area contributed by atoms with Crippen LogP contribution in [0.4, 0.5) is 0 Å². The summed E-state index contributed by atoms with van der Waals surface area (Å²) in [5, 5.41) is 0.0138. The Morgan fingerprint density at radius 3 is 2.36 bits per heavy atom. The molecule has 0 radical (unpaired) electrons. The second-order valence-electron chi connectivity index (χ2n) is 7.28. The van der Waals surface area contributed by atoms with Crippen LogP contribution in [-0.2, 0) is 22.3 Å². The molecule has 1 heterocycles. The van der Waals surface area contributed by atoms with Crippen LogP contribution in [0.15, 0.2) is 48.1 Å². The van der Waals surface area contributed by atoms with Gasteiger partial charge in [0.1, 0.15) is 11.0 Å². The van der Waals surface area contributed by atoms with Gasteiger partial charge in [-0.05, 0) is 38.1 Å². The third-order valence-electron chi connectivity index (χ3n) is 4.94. The Morgan fingerprint density at radius 1 is 1.18 bits per heavy atom. The lowest BCUT2D eigenvalue weighted by atomic mass is 9.89. The summed E-state index contributed by atoms with van der Waals surface area (Å²) in [6.07, 6.45) is 7.93. The Kier molecular flexibility index (Phi) is 8.60. The molecule has 28 heavy (non-hydrogen) atoms. The fraction of sp³-hybridized carbons (Fsp3) is 0.500. The van der Waals surface area contributed by atoms with Crippen molar-refractivity contribution < 1.29 is 9.00 Å². The Hall–Kier alpha value is -1.76. The third kappa shape index (κ3) is 5.87. The minimum atomic E-state index is -1.12. The normalized spacial score (nSPS) is 23.1. The average Bonchev–Trinajstić information content (AvgIpc) is 3.20. The van der Waals surface area contributed by atoms with E-state index in [4.69, 9.17) is 5.73 Å². The van der Waals surface area contributed by atoms with E-state index in [9.17, 15) is 9.00 Å². The number of rotatable bonds is 6. The molecule has 3 rings (SSSR count). The van der Waals surface area contributed by atoms with Gasteiger partial charge in [-0.25, -0.2) is 8.51 Å². The molecule has 2 aliphatic rings. The number of carbonyl (C=O) groups is 1. The average molecular weight is 404 g/mol. The number of nitrogens with zero attached hydrogens (tertiary/aromatic N) is 2. The predicted octanol–water partition coefficient (Wildman–Crippen LogP) is 2.97. The molecule has 1 aromatic rings. The zero-order chi connectivity index (χ0) is 20.7. The maximum Gasteiger partial charge on any atom is 0.245 e. The van der Waals surface area contributed by atoms with Crippen molar-refractivity contribution in [2.24, 2.45) is 5.73 Å². The van der Waals surface area contributed by atoms with Gasteiger partial charge in [0, 0.05) is 31.1 Å². The molecule has 1 aliphatic heterocycles. The highest BCUT2D eigenvalue weighted by Gasteiger charge is 2.29. The molecular weight excluding hydrogens is 370 g/mol. The Bertz CT molecular complexity index is 741. The van der Waals surface area contributed by atoms with E-state index in [0.717, 1.165) is 19.4 Å². The summed E-state index contributed by atoms with van der Waals surface area (Å²) in [6, 6.07) is 8.78. The van der Waals surface area contributed by atoms with Crippen molar-refractivity contribution >= 4 is 16.9 Å². The first-order valence-corrected chi connectivity index (χ1v) is 11.2. The Balaban J connectivity index is 0.00000136. The van der Waals surface area contributed by atoms with E-state index >= 15 is 0 Å². The fourth-order valence-electron chi connectivity index (χ4n) is 3.51. The third-order valence-corrected chi connectivity index (χ3v) is 6.64. The van der Waals surface area contributed by atoms with Crippen LogP contribution in [-0.4, -0.2) is 51.8 Å². The molecule has 1 aliphatic carbocycles. The zero-order valence-corrected chi connectivity index (χ0v) is 18.2. The lowest BCUT2D eigenvalue weighted by molar-refractivity contribution is -0.114. The van der Waals surface area contributed by atoms with Gasteiger partial charge < -0.3 is 10.6 Å². The minimum absolute atomic E-state index is 0.0138. The molecule has 0 fully saturated rings. The van der Waals surface area contributed by atoms with Gasteiger partial charge in [-0.15, -0.1) is 0 Å². The number of carbonyl (C=O) groups excluding carboxylic acids is 1. The van der Waals surface area contributed by atoms with Gasteiger partial charge in [0.25, 0.3) is 0 Å². The van der Waals surface area contributed by atoms with E-state index in [1.165, 1.54) is 11.1 Å². The van der Waals surface area contributed by atoms with E-state index in [1.807, 2.05) is 18.2 Å². The van der Waals surface area contributed by atoms with E-state index in [0.29, 0.717) is 24.6 Å². The minimum Gasteiger partial charge on any atom is -0.366 e. The number of benzene rings is 1. The van der Waals surface area contributed by atoms with Crippen LogP contribution in [0, 0.1) is 0 Å². The maximum absolute atomic E-state index is 12.8. The van der Waals surface area contributed by atoms with Crippen molar-refractivity contribution in [2.45, 2.75) is 44.4 Å². The van der Waals surface area contributed by atoms with Gasteiger partial charge in [0.05, 0.1) is 5.25 Å². The first-order valence-electron chi connectivity index (χ1n) is 10.0. The quantitative estimate of drug-likeness (QED) is 0.743. The van der Waals surface area contributed by atoms with Crippen LogP contribution >= 0.6 is 0 Å². The summed E-state index contributed by atoms with van der Waals surface area (Å²) >= 11 is 0. The standard InChI is InChI=1S/C20H27N3O2S.C2H6/c1-22(2)13-15-3-5-16(6-4-15)17-7-9-19(10-8-17)26(25)23-12-11-18(14-23)20(21)24;1-2/h3-7,9,11,17,19H,8,10,12-14H2,1-2H3,(H2,21,24);1-2H3. The van der Waals surface area contributed by atoms with Gasteiger partial charge in [-0.2, -0.15) is 0 Å². The Morgan fingerprint density at radius 2 is 1.86 bits per heavy atom. The molecule has 0 saturated carbocycles. The molecule has 1 aromatic carbocycles. The number of nitrogens with two attached hydrogens (primary N) is 1. The number of allylic oxidation sites excluding steroid dienone is 1. The SMILES string of the molecule is CC.CN(C)Cc1ccc(C2C=CC(S(=O)N3CC=C(C(N)=O)C3)CC2)cc1. The molecule has 5 nitrogen and oxygen atoms in total. The van der Waals surface area contributed by atoms with Crippen molar-refractivity contribution in [3.8, 4) is 0 Å². The molecule has 154 valence electrons. The smallest absolute Gasteiger partial charge is 0.245 e. The topological polar surface area (TPSA) is 66.6 Å². The van der Waals surface area contributed by atoms with Crippen molar-refractivity contribution in [3.63, 3.8) is 0 Å². The molecule has 1 amide bonds.